The first kappa shape index (κ1) is 18.0. The smallest absolute Gasteiger partial charge is 0.257 e. The Kier molecular flexibility index (Phi) is 5.26. The lowest BCUT2D eigenvalue weighted by molar-refractivity contribution is -0.119. The zero-order chi connectivity index (χ0) is 18.7. The van der Waals surface area contributed by atoms with Gasteiger partial charge in [0.05, 0.1) is 17.7 Å². The van der Waals surface area contributed by atoms with Gasteiger partial charge in [-0.1, -0.05) is 31.2 Å². The maximum absolute atomic E-state index is 13.0. The summed E-state index contributed by atoms with van der Waals surface area (Å²) in [4.78, 5) is 24.7. The van der Waals surface area contributed by atoms with Gasteiger partial charge in [-0.3, -0.25) is 9.59 Å². The van der Waals surface area contributed by atoms with Crippen LogP contribution in [-0.4, -0.2) is 25.4 Å². The van der Waals surface area contributed by atoms with Gasteiger partial charge in [0.25, 0.3) is 5.91 Å². The highest BCUT2D eigenvalue weighted by Gasteiger charge is 2.23. The molecule has 0 fully saturated rings. The first-order valence-corrected chi connectivity index (χ1v) is 8.98. The Morgan fingerprint density at radius 2 is 2.00 bits per heavy atom. The predicted octanol–water partition coefficient (Wildman–Crippen LogP) is 3.45. The van der Waals surface area contributed by atoms with E-state index >= 15 is 0 Å². The Morgan fingerprint density at radius 1 is 1.23 bits per heavy atom. The molecule has 0 spiro atoms. The molecule has 1 aliphatic rings. The number of nitrogens with one attached hydrogen (secondary N) is 3. The third kappa shape index (κ3) is 3.72. The van der Waals surface area contributed by atoms with Crippen molar-refractivity contribution in [2.24, 2.45) is 0 Å². The maximum atomic E-state index is 13.0. The molecule has 136 valence electrons. The molecule has 0 radical (unpaired) electrons. The standard InChI is InChI=1S/C21H25N3O2/c1-13-10-16-14(2)8-9-23-20(16)17(11-13)21(26)24-18-7-5-4-6-15(18)12-19(25)22-3/h4-7,10-11,14,23H,8-9,12H2,1-3H3,(H,22,25)(H,24,26). The van der Waals surface area contributed by atoms with E-state index in [4.69, 9.17) is 0 Å². The van der Waals surface area contributed by atoms with Gasteiger partial charge in [-0.05, 0) is 48.1 Å². The number of para-hydroxylation sites is 1. The van der Waals surface area contributed by atoms with Gasteiger partial charge in [-0.15, -0.1) is 0 Å². The molecule has 1 heterocycles. The molecule has 5 heteroatoms. The second-order valence-electron chi connectivity index (χ2n) is 6.85. The minimum absolute atomic E-state index is 0.0878. The Balaban J connectivity index is 1.91. The van der Waals surface area contributed by atoms with Crippen LogP contribution >= 0.6 is 0 Å². The molecule has 0 aliphatic carbocycles. The van der Waals surface area contributed by atoms with E-state index in [9.17, 15) is 9.59 Å². The summed E-state index contributed by atoms with van der Waals surface area (Å²) in [6.45, 7) is 5.07. The number of carbonyl (C=O) groups is 2. The number of aryl methyl sites for hydroxylation is 1. The molecule has 3 N–H and O–H groups in total. The van der Waals surface area contributed by atoms with E-state index in [1.165, 1.54) is 5.56 Å². The Hall–Kier alpha value is -2.82. The van der Waals surface area contributed by atoms with E-state index in [0.29, 0.717) is 17.2 Å². The number of anilines is 2. The van der Waals surface area contributed by atoms with Crippen molar-refractivity contribution < 1.29 is 9.59 Å². The number of benzene rings is 2. The number of hydrogen-bond acceptors (Lipinski definition) is 3. The lowest BCUT2D eigenvalue weighted by Crippen LogP contribution is -2.23. The topological polar surface area (TPSA) is 70.2 Å². The van der Waals surface area contributed by atoms with Crippen molar-refractivity contribution in [3.05, 3.63) is 58.7 Å². The summed E-state index contributed by atoms with van der Waals surface area (Å²) in [7, 11) is 1.61. The summed E-state index contributed by atoms with van der Waals surface area (Å²) >= 11 is 0. The monoisotopic (exact) mass is 351 g/mol. The molecule has 2 aromatic carbocycles. The van der Waals surface area contributed by atoms with Crippen LogP contribution < -0.4 is 16.0 Å². The zero-order valence-corrected chi connectivity index (χ0v) is 15.5. The summed E-state index contributed by atoms with van der Waals surface area (Å²) < 4.78 is 0. The van der Waals surface area contributed by atoms with Gasteiger partial charge in [0, 0.05) is 19.3 Å². The van der Waals surface area contributed by atoms with Crippen molar-refractivity contribution in [2.45, 2.75) is 32.6 Å². The van der Waals surface area contributed by atoms with Gasteiger partial charge < -0.3 is 16.0 Å². The Labute approximate surface area is 154 Å². The van der Waals surface area contributed by atoms with Gasteiger partial charge in [0.15, 0.2) is 0 Å². The van der Waals surface area contributed by atoms with Crippen LogP contribution in [0.25, 0.3) is 0 Å². The highest BCUT2D eigenvalue weighted by atomic mass is 16.2. The van der Waals surface area contributed by atoms with E-state index in [-0.39, 0.29) is 18.2 Å². The van der Waals surface area contributed by atoms with Crippen LogP contribution in [0.3, 0.4) is 0 Å². The predicted molar refractivity (Wildman–Crippen MR) is 105 cm³/mol. The largest absolute Gasteiger partial charge is 0.384 e. The van der Waals surface area contributed by atoms with Crippen LogP contribution in [0.4, 0.5) is 11.4 Å². The highest BCUT2D eigenvalue weighted by Crippen LogP contribution is 2.35. The fraction of sp³-hybridized carbons (Fsp3) is 0.333. The molecule has 0 bridgehead atoms. The summed E-state index contributed by atoms with van der Waals surface area (Å²) in [5.41, 5.74) is 5.31. The fourth-order valence-electron chi connectivity index (χ4n) is 3.40. The van der Waals surface area contributed by atoms with Gasteiger partial charge in [0.2, 0.25) is 5.91 Å². The second-order valence-corrected chi connectivity index (χ2v) is 6.85. The van der Waals surface area contributed by atoms with E-state index < -0.39 is 0 Å². The van der Waals surface area contributed by atoms with Gasteiger partial charge in [0.1, 0.15) is 0 Å². The normalized spacial score (nSPS) is 15.6. The molecule has 0 saturated heterocycles. The van der Waals surface area contributed by atoms with Crippen LogP contribution in [-0.2, 0) is 11.2 Å². The fourth-order valence-corrected chi connectivity index (χ4v) is 3.40. The summed E-state index contributed by atoms with van der Waals surface area (Å²) in [6.07, 6.45) is 1.29. The van der Waals surface area contributed by atoms with Crippen LogP contribution in [0.2, 0.25) is 0 Å². The summed E-state index contributed by atoms with van der Waals surface area (Å²) in [5.74, 6) is 0.185. The van der Waals surface area contributed by atoms with E-state index in [0.717, 1.165) is 29.8 Å². The van der Waals surface area contributed by atoms with Crippen LogP contribution in [0.15, 0.2) is 36.4 Å². The Morgan fingerprint density at radius 3 is 2.77 bits per heavy atom. The molecule has 3 rings (SSSR count). The van der Waals surface area contributed by atoms with Gasteiger partial charge >= 0.3 is 0 Å². The van der Waals surface area contributed by atoms with E-state index in [1.807, 2.05) is 37.3 Å². The number of hydrogen-bond donors (Lipinski definition) is 3. The molecule has 1 unspecified atom stereocenters. The van der Waals surface area contributed by atoms with Crippen LogP contribution in [0.5, 0.6) is 0 Å². The highest BCUT2D eigenvalue weighted by molar-refractivity contribution is 6.09. The first-order valence-electron chi connectivity index (χ1n) is 8.98. The van der Waals surface area contributed by atoms with Crippen molar-refractivity contribution in [2.75, 3.05) is 24.2 Å². The average molecular weight is 351 g/mol. The molecular weight excluding hydrogens is 326 g/mol. The zero-order valence-electron chi connectivity index (χ0n) is 15.5. The first-order chi connectivity index (χ1) is 12.5. The number of rotatable bonds is 4. The third-order valence-corrected chi connectivity index (χ3v) is 4.86. The number of fused-ring (bicyclic) bond motifs is 1. The summed E-state index contributed by atoms with van der Waals surface area (Å²) in [5, 5.41) is 8.99. The molecule has 5 nitrogen and oxygen atoms in total. The van der Waals surface area contributed by atoms with Crippen molar-refractivity contribution in [3.63, 3.8) is 0 Å². The summed E-state index contributed by atoms with van der Waals surface area (Å²) in [6, 6.07) is 11.5. The molecule has 26 heavy (non-hydrogen) atoms. The lowest BCUT2D eigenvalue weighted by Gasteiger charge is -2.26. The van der Waals surface area contributed by atoms with Crippen molar-refractivity contribution in [1.29, 1.82) is 0 Å². The van der Waals surface area contributed by atoms with E-state index in [2.05, 4.69) is 28.9 Å². The molecular formula is C21H25N3O2. The second kappa shape index (κ2) is 7.60. The van der Waals surface area contributed by atoms with Crippen LogP contribution in [0, 0.1) is 6.92 Å². The lowest BCUT2D eigenvalue weighted by atomic mass is 9.89. The van der Waals surface area contributed by atoms with Gasteiger partial charge in [-0.25, -0.2) is 0 Å². The Bertz CT molecular complexity index is 845. The van der Waals surface area contributed by atoms with Crippen molar-refractivity contribution in [3.8, 4) is 0 Å². The minimum Gasteiger partial charge on any atom is -0.384 e. The molecule has 1 aliphatic heterocycles. The van der Waals surface area contributed by atoms with Crippen LogP contribution in [0.1, 0.15) is 46.3 Å². The minimum atomic E-state index is -0.157. The number of amides is 2. The SMILES string of the molecule is CNC(=O)Cc1ccccc1NC(=O)c1cc(C)cc2c1NCCC2C. The maximum Gasteiger partial charge on any atom is 0.257 e. The molecule has 0 saturated carbocycles. The molecule has 2 aromatic rings. The van der Waals surface area contributed by atoms with E-state index in [1.54, 1.807) is 7.05 Å². The quantitative estimate of drug-likeness (QED) is 0.790. The average Bonchev–Trinajstić information content (AvgIpc) is 2.63. The third-order valence-electron chi connectivity index (χ3n) is 4.86. The number of likely N-dealkylation sites (N-methyl/N-ethyl adjacent to an activating group) is 1. The number of carbonyl (C=O) groups excluding carboxylic acids is 2. The van der Waals surface area contributed by atoms with Crippen molar-refractivity contribution in [1.82, 2.24) is 5.32 Å². The molecule has 0 aromatic heterocycles. The molecule has 2 amide bonds. The van der Waals surface area contributed by atoms with Gasteiger partial charge in [-0.2, -0.15) is 0 Å². The van der Waals surface area contributed by atoms with Crippen molar-refractivity contribution >= 4 is 23.2 Å². The molecule has 1 atom stereocenters.